The standard InChI is InChI=1S/C17H13ClO3/c1-9-6-13-15(10(2)16(9)18)17(20)14(21-13)8-11-4-3-5-12(19)7-11/h3-8,19H,1-2H3. The number of ketones is 1. The molecule has 3 rings (SSSR count). The third-order valence-electron chi connectivity index (χ3n) is 3.48. The molecule has 0 atom stereocenters. The number of hydrogen-bond donors (Lipinski definition) is 1. The fraction of sp³-hybridized carbons (Fsp3) is 0.118. The van der Waals surface area contributed by atoms with Crippen LogP contribution in [0.3, 0.4) is 0 Å². The Labute approximate surface area is 127 Å². The molecule has 21 heavy (non-hydrogen) atoms. The van der Waals surface area contributed by atoms with Gasteiger partial charge in [0.25, 0.3) is 0 Å². The summed E-state index contributed by atoms with van der Waals surface area (Å²) in [4.78, 5) is 12.5. The van der Waals surface area contributed by atoms with Gasteiger partial charge in [-0.1, -0.05) is 23.7 Å². The lowest BCUT2D eigenvalue weighted by Crippen LogP contribution is -2.00. The Balaban J connectivity index is 2.07. The summed E-state index contributed by atoms with van der Waals surface area (Å²) in [7, 11) is 0. The van der Waals surface area contributed by atoms with Crippen molar-refractivity contribution in [2.24, 2.45) is 0 Å². The van der Waals surface area contributed by atoms with E-state index in [-0.39, 0.29) is 17.3 Å². The molecule has 2 aromatic carbocycles. The van der Waals surface area contributed by atoms with Gasteiger partial charge in [0.05, 0.1) is 5.56 Å². The van der Waals surface area contributed by atoms with E-state index >= 15 is 0 Å². The first-order chi connectivity index (χ1) is 9.97. The molecule has 0 aliphatic carbocycles. The summed E-state index contributed by atoms with van der Waals surface area (Å²) in [6.07, 6.45) is 1.62. The van der Waals surface area contributed by atoms with E-state index in [0.29, 0.717) is 21.9 Å². The highest BCUT2D eigenvalue weighted by molar-refractivity contribution is 6.33. The molecular formula is C17H13ClO3. The number of phenolic OH excluding ortho intramolecular Hbond substituents is 1. The summed E-state index contributed by atoms with van der Waals surface area (Å²) in [5.41, 5.74) is 2.82. The van der Waals surface area contributed by atoms with Crippen LogP contribution in [0.4, 0.5) is 0 Å². The van der Waals surface area contributed by atoms with Crippen LogP contribution in [0.1, 0.15) is 27.0 Å². The smallest absolute Gasteiger partial charge is 0.232 e. The maximum Gasteiger partial charge on any atom is 0.232 e. The number of halogens is 1. The van der Waals surface area contributed by atoms with Crippen molar-refractivity contribution in [3.63, 3.8) is 0 Å². The van der Waals surface area contributed by atoms with Gasteiger partial charge in [-0.25, -0.2) is 0 Å². The highest BCUT2D eigenvalue weighted by Gasteiger charge is 2.30. The zero-order chi connectivity index (χ0) is 15.1. The van der Waals surface area contributed by atoms with E-state index < -0.39 is 0 Å². The topological polar surface area (TPSA) is 46.5 Å². The number of fused-ring (bicyclic) bond motifs is 1. The van der Waals surface area contributed by atoms with Gasteiger partial charge in [-0.3, -0.25) is 4.79 Å². The Bertz CT molecular complexity index is 791. The zero-order valence-corrected chi connectivity index (χ0v) is 12.4. The van der Waals surface area contributed by atoms with Crippen molar-refractivity contribution in [1.29, 1.82) is 0 Å². The third kappa shape index (κ3) is 2.30. The van der Waals surface area contributed by atoms with Crippen LogP contribution < -0.4 is 4.74 Å². The predicted molar refractivity (Wildman–Crippen MR) is 82.0 cm³/mol. The SMILES string of the molecule is Cc1cc2c(c(C)c1Cl)C(=O)C(=Cc1cccc(O)c1)O2. The predicted octanol–water partition coefficient (Wildman–Crippen LogP) is 4.28. The number of hydrogen-bond acceptors (Lipinski definition) is 3. The first kappa shape index (κ1) is 13.7. The number of allylic oxidation sites excluding steroid dienone is 1. The van der Waals surface area contributed by atoms with Crippen LogP contribution in [-0.4, -0.2) is 10.9 Å². The molecule has 0 unspecified atom stereocenters. The highest BCUT2D eigenvalue weighted by Crippen LogP contribution is 2.39. The van der Waals surface area contributed by atoms with Crippen molar-refractivity contribution in [2.45, 2.75) is 13.8 Å². The van der Waals surface area contributed by atoms with E-state index in [2.05, 4.69) is 0 Å². The van der Waals surface area contributed by atoms with E-state index in [0.717, 1.165) is 11.1 Å². The first-order valence-electron chi connectivity index (χ1n) is 6.50. The molecule has 0 amide bonds. The van der Waals surface area contributed by atoms with Crippen molar-refractivity contribution < 1.29 is 14.6 Å². The molecule has 0 spiro atoms. The Morgan fingerprint density at radius 2 is 2.00 bits per heavy atom. The van der Waals surface area contributed by atoms with Crippen LogP contribution in [0.25, 0.3) is 6.08 Å². The fourth-order valence-corrected chi connectivity index (χ4v) is 2.58. The third-order valence-corrected chi connectivity index (χ3v) is 4.06. The largest absolute Gasteiger partial charge is 0.508 e. The lowest BCUT2D eigenvalue weighted by atomic mass is 10.0. The second-order valence-electron chi connectivity index (χ2n) is 5.04. The zero-order valence-electron chi connectivity index (χ0n) is 11.6. The summed E-state index contributed by atoms with van der Waals surface area (Å²) >= 11 is 6.20. The van der Waals surface area contributed by atoms with Crippen molar-refractivity contribution in [3.05, 3.63) is 63.4 Å². The van der Waals surface area contributed by atoms with E-state index in [1.165, 1.54) is 0 Å². The summed E-state index contributed by atoms with van der Waals surface area (Å²) in [6, 6.07) is 8.41. The summed E-state index contributed by atoms with van der Waals surface area (Å²) in [5, 5.41) is 10.1. The number of ether oxygens (including phenoxy) is 1. The number of Topliss-reactive ketones (excluding diaryl/α,β-unsaturated/α-hetero) is 1. The molecule has 2 aromatic rings. The maximum atomic E-state index is 12.5. The second kappa shape index (κ2) is 4.93. The molecule has 106 valence electrons. The van der Waals surface area contributed by atoms with Crippen LogP contribution in [0.2, 0.25) is 5.02 Å². The molecule has 0 radical (unpaired) electrons. The molecule has 0 saturated carbocycles. The van der Waals surface area contributed by atoms with E-state index in [1.54, 1.807) is 36.4 Å². The maximum absolute atomic E-state index is 12.5. The van der Waals surface area contributed by atoms with Crippen molar-refractivity contribution in [1.82, 2.24) is 0 Å². The average molecular weight is 301 g/mol. The van der Waals surface area contributed by atoms with Gasteiger partial charge in [0, 0.05) is 5.02 Å². The van der Waals surface area contributed by atoms with Crippen molar-refractivity contribution in [2.75, 3.05) is 0 Å². The van der Waals surface area contributed by atoms with Crippen LogP contribution in [0, 0.1) is 13.8 Å². The second-order valence-corrected chi connectivity index (χ2v) is 5.42. The molecule has 1 heterocycles. The van der Waals surface area contributed by atoms with Gasteiger partial charge in [-0.15, -0.1) is 0 Å². The number of aryl methyl sites for hydroxylation is 1. The Morgan fingerprint density at radius 3 is 2.71 bits per heavy atom. The van der Waals surface area contributed by atoms with Gasteiger partial charge in [0.2, 0.25) is 5.78 Å². The molecule has 1 aliphatic rings. The van der Waals surface area contributed by atoms with Gasteiger partial charge >= 0.3 is 0 Å². The Morgan fingerprint density at radius 1 is 1.24 bits per heavy atom. The van der Waals surface area contributed by atoms with Crippen LogP contribution in [-0.2, 0) is 0 Å². The van der Waals surface area contributed by atoms with Gasteiger partial charge in [0.1, 0.15) is 11.5 Å². The van der Waals surface area contributed by atoms with Gasteiger partial charge < -0.3 is 9.84 Å². The Hall–Kier alpha value is -2.26. The fourth-order valence-electron chi connectivity index (χ4n) is 2.43. The molecule has 0 aromatic heterocycles. The van der Waals surface area contributed by atoms with Crippen LogP contribution in [0.15, 0.2) is 36.1 Å². The summed E-state index contributed by atoms with van der Waals surface area (Å²) in [6.45, 7) is 3.69. The minimum Gasteiger partial charge on any atom is -0.508 e. The molecule has 0 fully saturated rings. The molecular weight excluding hydrogens is 288 g/mol. The lowest BCUT2D eigenvalue weighted by Gasteiger charge is -2.05. The van der Waals surface area contributed by atoms with Crippen LogP contribution >= 0.6 is 11.6 Å². The van der Waals surface area contributed by atoms with Crippen molar-refractivity contribution >= 4 is 23.5 Å². The quantitative estimate of drug-likeness (QED) is 0.800. The molecule has 1 N–H and O–H groups in total. The highest BCUT2D eigenvalue weighted by atomic mass is 35.5. The minimum atomic E-state index is -0.187. The number of phenols is 1. The van der Waals surface area contributed by atoms with Gasteiger partial charge in [0.15, 0.2) is 5.76 Å². The number of aromatic hydroxyl groups is 1. The molecule has 1 aliphatic heterocycles. The number of carbonyl (C=O) groups is 1. The molecule has 3 nitrogen and oxygen atoms in total. The first-order valence-corrected chi connectivity index (χ1v) is 6.88. The monoisotopic (exact) mass is 300 g/mol. The van der Waals surface area contributed by atoms with Gasteiger partial charge in [-0.05, 0) is 54.8 Å². The molecule has 0 bridgehead atoms. The summed E-state index contributed by atoms with van der Waals surface area (Å²) < 4.78 is 5.65. The summed E-state index contributed by atoms with van der Waals surface area (Å²) in [5.74, 6) is 0.723. The van der Waals surface area contributed by atoms with E-state index in [1.807, 2.05) is 13.8 Å². The molecule has 4 heteroatoms. The minimum absolute atomic E-state index is 0.141. The lowest BCUT2D eigenvalue weighted by molar-refractivity contribution is 0.101. The number of carbonyl (C=O) groups excluding carboxylic acids is 1. The van der Waals surface area contributed by atoms with Gasteiger partial charge in [-0.2, -0.15) is 0 Å². The Kier molecular flexibility index (Phi) is 3.22. The molecule has 0 saturated heterocycles. The number of benzene rings is 2. The normalized spacial score (nSPS) is 15.2. The van der Waals surface area contributed by atoms with Crippen LogP contribution in [0.5, 0.6) is 11.5 Å². The van der Waals surface area contributed by atoms with E-state index in [4.69, 9.17) is 16.3 Å². The van der Waals surface area contributed by atoms with E-state index in [9.17, 15) is 9.90 Å². The van der Waals surface area contributed by atoms with Crippen molar-refractivity contribution in [3.8, 4) is 11.5 Å². The average Bonchev–Trinajstić information content (AvgIpc) is 2.73. The number of rotatable bonds is 1.